The van der Waals surface area contributed by atoms with Gasteiger partial charge in [-0.05, 0) is 19.4 Å². The Bertz CT molecular complexity index is 247. The fourth-order valence-corrected chi connectivity index (χ4v) is 1.70. The number of aromatic nitrogens is 2. The Morgan fingerprint density at radius 2 is 2.29 bits per heavy atom. The summed E-state index contributed by atoms with van der Waals surface area (Å²) in [6, 6.07) is 0. The molecule has 1 aromatic rings. The Morgan fingerprint density at radius 1 is 1.43 bits per heavy atom. The van der Waals surface area contributed by atoms with Gasteiger partial charge in [-0.3, -0.25) is 0 Å². The summed E-state index contributed by atoms with van der Waals surface area (Å²) in [5.74, 6) is 1.15. The molecule has 0 aromatic carbocycles. The molecular formula is C10H18BrN3. The van der Waals surface area contributed by atoms with Crippen LogP contribution in [0.4, 0.5) is 0 Å². The Kier molecular flexibility index (Phi) is 5.87. The molecule has 1 heterocycles. The molecule has 0 aliphatic carbocycles. The number of nitrogens with zero attached hydrogens (tertiary/aromatic N) is 2. The van der Waals surface area contributed by atoms with Gasteiger partial charge >= 0.3 is 0 Å². The highest BCUT2D eigenvalue weighted by atomic mass is 79.9. The van der Waals surface area contributed by atoms with Gasteiger partial charge in [0.05, 0.1) is 0 Å². The number of hydrogen-bond donors (Lipinski definition) is 1. The van der Waals surface area contributed by atoms with Crippen molar-refractivity contribution in [3.8, 4) is 0 Å². The highest BCUT2D eigenvalue weighted by Gasteiger charge is 1.97. The molecule has 80 valence electrons. The summed E-state index contributed by atoms with van der Waals surface area (Å²) >= 11 is 3.42. The lowest BCUT2D eigenvalue weighted by Crippen LogP contribution is -2.19. The molecule has 0 spiro atoms. The third-order valence-electron chi connectivity index (χ3n) is 2.18. The monoisotopic (exact) mass is 259 g/mol. The molecule has 0 bridgehead atoms. The molecule has 0 saturated heterocycles. The number of alkyl halides is 1. The predicted octanol–water partition coefficient (Wildman–Crippen LogP) is 1.73. The molecule has 0 fully saturated rings. The van der Waals surface area contributed by atoms with Crippen LogP contribution in [0.5, 0.6) is 0 Å². The van der Waals surface area contributed by atoms with Crippen molar-refractivity contribution in [2.75, 3.05) is 18.4 Å². The number of nitrogens with one attached hydrogen (secondary N) is 1. The minimum absolute atomic E-state index is 1.01. The van der Waals surface area contributed by atoms with Crippen molar-refractivity contribution in [2.24, 2.45) is 7.05 Å². The zero-order chi connectivity index (χ0) is 10.2. The first-order valence-corrected chi connectivity index (χ1v) is 6.19. The first-order chi connectivity index (χ1) is 6.84. The van der Waals surface area contributed by atoms with Gasteiger partial charge in [0.25, 0.3) is 0 Å². The second-order valence-corrected chi connectivity index (χ2v) is 4.14. The van der Waals surface area contributed by atoms with Crippen LogP contribution >= 0.6 is 15.9 Å². The molecule has 14 heavy (non-hydrogen) atoms. The first kappa shape index (κ1) is 11.7. The average molecular weight is 260 g/mol. The van der Waals surface area contributed by atoms with E-state index in [1.807, 2.05) is 19.4 Å². The summed E-state index contributed by atoms with van der Waals surface area (Å²) in [6.45, 7) is 2.13. The van der Waals surface area contributed by atoms with Crippen molar-refractivity contribution in [2.45, 2.75) is 19.3 Å². The van der Waals surface area contributed by atoms with E-state index in [0.717, 1.165) is 30.7 Å². The first-order valence-electron chi connectivity index (χ1n) is 5.07. The van der Waals surface area contributed by atoms with Gasteiger partial charge < -0.3 is 9.88 Å². The number of hydrogen-bond acceptors (Lipinski definition) is 2. The third kappa shape index (κ3) is 4.24. The van der Waals surface area contributed by atoms with Gasteiger partial charge in [0.1, 0.15) is 5.82 Å². The largest absolute Gasteiger partial charge is 0.338 e. The van der Waals surface area contributed by atoms with Gasteiger partial charge in [-0.2, -0.15) is 0 Å². The van der Waals surface area contributed by atoms with Gasteiger partial charge in [-0.15, -0.1) is 0 Å². The molecule has 4 heteroatoms. The molecule has 1 rings (SSSR count). The Hall–Kier alpha value is -0.350. The molecule has 0 saturated carbocycles. The van der Waals surface area contributed by atoms with Crippen LogP contribution in [0.1, 0.15) is 18.7 Å². The van der Waals surface area contributed by atoms with Gasteiger partial charge in [0.2, 0.25) is 0 Å². The van der Waals surface area contributed by atoms with Crippen molar-refractivity contribution < 1.29 is 0 Å². The normalized spacial score (nSPS) is 10.7. The summed E-state index contributed by atoms with van der Waals surface area (Å²) in [6.07, 6.45) is 7.33. The van der Waals surface area contributed by atoms with Gasteiger partial charge in [0, 0.05) is 37.7 Å². The van der Waals surface area contributed by atoms with Crippen molar-refractivity contribution >= 4 is 15.9 Å². The molecule has 0 aliphatic rings. The number of halogens is 1. The Labute approximate surface area is 94.0 Å². The maximum Gasteiger partial charge on any atom is 0.109 e. The van der Waals surface area contributed by atoms with Gasteiger partial charge in [-0.1, -0.05) is 15.9 Å². The zero-order valence-electron chi connectivity index (χ0n) is 8.67. The molecule has 0 atom stereocenters. The van der Waals surface area contributed by atoms with E-state index in [2.05, 4.69) is 30.8 Å². The SMILES string of the molecule is Cn1ccnc1CCNCCCCBr. The third-order valence-corrected chi connectivity index (χ3v) is 2.74. The van der Waals surface area contributed by atoms with E-state index in [4.69, 9.17) is 0 Å². The zero-order valence-corrected chi connectivity index (χ0v) is 10.3. The van der Waals surface area contributed by atoms with E-state index in [-0.39, 0.29) is 0 Å². The van der Waals surface area contributed by atoms with E-state index >= 15 is 0 Å². The lowest BCUT2D eigenvalue weighted by Gasteiger charge is -2.03. The second-order valence-electron chi connectivity index (χ2n) is 3.35. The van der Waals surface area contributed by atoms with Crippen molar-refractivity contribution in [3.05, 3.63) is 18.2 Å². The van der Waals surface area contributed by atoms with Crippen LogP contribution in [-0.4, -0.2) is 28.0 Å². The molecule has 1 N–H and O–H groups in total. The fourth-order valence-electron chi connectivity index (χ4n) is 1.31. The van der Waals surface area contributed by atoms with Gasteiger partial charge in [0.15, 0.2) is 0 Å². The molecular weight excluding hydrogens is 242 g/mol. The van der Waals surface area contributed by atoms with E-state index in [1.165, 1.54) is 12.8 Å². The number of rotatable bonds is 7. The highest BCUT2D eigenvalue weighted by Crippen LogP contribution is 1.95. The van der Waals surface area contributed by atoms with E-state index in [0.29, 0.717) is 0 Å². The van der Waals surface area contributed by atoms with E-state index in [9.17, 15) is 0 Å². The van der Waals surface area contributed by atoms with Crippen molar-refractivity contribution in [1.29, 1.82) is 0 Å². The number of unbranched alkanes of at least 4 members (excludes halogenated alkanes) is 1. The van der Waals surface area contributed by atoms with E-state index < -0.39 is 0 Å². The lowest BCUT2D eigenvalue weighted by molar-refractivity contribution is 0.625. The maximum absolute atomic E-state index is 4.27. The minimum Gasteiger partial charge on any atom is -0.338 e. The molecule has 0 aliphatic heterocycles. The predicted molar refractivity (Wildman–Crippen MR) is 62.8 cm³/mol. The summed E-state index contributed by atoms with van der Waals surface area (Å²) in [4.78, 5) is 4.27. The van der Waals surface area contributed by atoms with Crippen LogP contribution in [0.3, 0.4) is 0 Å². The minimum atomic E-state index is 1.01. The number of aryl methyl sites for hydroxylation is 1. The molecule has 3 nitrogen and oxygen atoms in total. The smallest absolute Gasteiger partial charge is 0.109 e. The highest BCUT2D eigenvalue weighted by molar-refractivity contribution is 9.09. The lowest BCUT2D eigenvalue weighted by atomic mass is 10.3. The number of imidazole rings is 1. The van der Waals surface area contributed by atoms with Crippen LogP contribution in [-0.2, 0) is 13.5 Å². The van der Waals surface area contributed by atoms with Crippen molar-refractivity contribution in [3.63, 3.8) is 0 Å². The van der Waals surface area contributed by atoms with Gasteiger partial charge in [-0.25, -0.2) is 4.98 Å². The second kappa shape index (κ2) is 7.01. The van der Waals surface area contributed by atoms with E-state index in [1.54, 1.807) is 0 Å². The summed E-state index contributed by atoms with van der Waals surface area (Å²) in [5.41, 5.74) is 0. The van der Waals surface area contributed by atoms with Crippen LogP contribution in [0, 0.1) is 0 Å². The van der Waals surface area contributed by atoms with Crippen molar-refractivity contribution in [1.82, 2.24) is 14.9 Å². The topological polar surface area (TPSA) is 29.9 Å². The molecule has 0 radical (unpaired) electrons. The molecule has 0 unspecified atom stereocenters. The molecule has 1 aromatic heterocycles. The standard InChI is InChI=1S/C10H18BrN3/c1-14-9-8-13-10(14)4-7-12-6-3-2-5-11/h8-9,12H,2-7H2,1H3. The Morgan fingerprint density at radius 3 is 2.93 bits per heavy atom. The van der Waals surface area contributed by atoms with Crippen LogP contribution in [0.25, 0.3) is 0 Å². The van der Waals surface area contributed by atoms with Crippen LogP contribution in [0.2, 0.25) is 0 Å². The quantitative estimate of drug-likeness (QED) is 0.597. The van der Waals surface area contributed by atoms with Crippen LogP contribution in [0.15, 0.2) is 12.4 Å². The maximum atomic E-state index is 4.27. The fraction of sp³-hybridized carbons (Fsp3) is 0.700. The summed E-state index contributed by atoms with van der Waals surface area (Å²) in [5, 5.41) is 4.52. The summed E-state index contributed by atoms with van der Waals surface area (Å²) < 4.78 is 2.07. The van der Waals surface area contributed by atoms with Crippen LogP contribution < -0.4 is 5.32 Å². The molecule has 0 amide bonds. The summed E-state index contributed by atoms with van der Waals surface area (Å²) in [7, 11) is 2.03. The Balaban J connectivity index is 2.02. The average Bonchev–Trinajstić information content (AvgIpc) is 2.58.